The zero-order chi connectivity index (χ0) is 15.1. The zero-order valence-electron chi connectivity index (χ0n) is 13.5. The highest BCUT2D eigenvalue weighted by Crippen LogP contribution is 2.19. The van der Waals surface area contributed by atoms with Gasteiger partial charge in [0.2, 0.25) is 0 Å². The summed E-state index contributed by atoms with van der Waals surface area (Å²) in [5.74, 6) is 0.913. The first-order chi connectivity index (χ1) is 10.2. The molecule has 21 heavy (non-hydrogen) atoms. The maximum absolute atomic E-state index is 5.84. The molecule has 0 bridgehead atoms. The van der Waals surface area contributed by atoms with Crippen LogP contribution in [0.15, 0.2) is 24.3 Å². The smallest absolute Gasteiger partial charge is 0.119 e. The molecule has 1 aromatic rings. The number of hydrogen-bond acceptors (Lipinski definition) is 3. The summed E-state index contributed by atoms with van der Waals surface area (Å²) in [6.45, 7) is 9.43. The first kappa shape index (κ1) is 16.3. The molecular formula is C18H28NO2. The van der Waals surface area contributed by atoms with Gasteiger partial charge in [0.1, 0.15) is 5.75 Å². The Morgan fingerprint density at radius 1 is 1.33 bits per heavy atom. The predicted octanol–water partition coefficient (Wildman–Crippen LogP) is 3.53. The number of morpholine rings is 1. The molecule has 1 aliphatic rings. The standard InChI is InChI=1S/C18H28NO2/c1-4-8-17(19-13-15(2)21-16(3)14-19)11-12-20-18-9-6-5-7-10-18/h5-6,9-10,15-17H,4,8,11-14H2,1-3H3. The van der Waals surface area contributed by atoms with E-state index in [4.69, 9.17) is 9.47 Å². The lowest BCUT2D eigenvalue weighted by Crippen LogP contribution is -2.50. The van der Waals surface area contributed by atoms with E-state index in [2.05, 4.69) is 31.7 Å². The topological polar surface area (TPSA) is 21.7 Å². The van der Waals surface area contributed by atoms with Crippen molar-refractivity contribution in [1.82, 2.24) is 4.90 Å². The van der Waals surface area contributed by atoms with Gasteiger partial charge in [-0.1, -0.05) is 25.5 Å². The summed E-state index contributed by atoms with van der Waals surface area (Å²) >= 11 is 0. The number of nitrogens with zero attached hydrogens (tertiary/aromatic N) is 1. The minimum absolute atomic E-state index is 0.331. The Labute approximate surface area is 129 Å². The molecule has 117 valence electrons. The van der Waals surface area contributed by atoms with Gasteiger partial charge in [0.25, 0.3) is 0 Å². The van der Waals surface area contributed by atoms with Crippen molar-refractivity contribution in [3.63, 3.8) is 0 Å². The van der Waals surface area contributed by atoms with E-state index in [0.717, 1.165) is 31.9 Å². The maximum atomic E-state index is 5.84. The highest BCUT2D eigenvalue weighted by Gasteiger charge is 2.27. The van der Waals surface area contributed by atoms with Crippen LogP contribution in [0.1, 0.15) is 40.0 Å². The summed E-state index contributed by atoms with van der Waals surface area (Å²) < 4.78 is 11.7. The fourth-order valence-electron chi connectivity index (χ4n) is 3.14. The van der Waals surface area contributed by atoms with Crippen molar-refractivity contribution in [2.45, 2.75) is 58.3 Å². The molecule has 3 nitrogen and oxygen atoms in total. The van der Waals surface area contributed by atoms with Crippen LogP contribution >= 0.6 is 0 Å². The average molecular weight is 290 g/mol. The molecule has 1 saturated heterocycles. The molecule has 0 spiro atoms. The minimum Gasteiger partial charge on any atom is -0.494 e. The lowest BCUT2D eigenvalue weighted by molar-refractivity contribution is -0.0830. The van der Waals surface area contributed by atoms with Crippen LogP contribution in [-0.4, -0.2) is 42.8 Å². The van der Waals surface area contributed by atoms with E-state index in [1.807, 2.05) is 24.3 Å². The summed E-state index contributed by atoms with van der Waals surface area (Å²) in [6, 6.07) is 11.4. The minimum atomic E-state index is 0.331. The Kier molecular flexibility index (Phi) is 6.52. The van der Waals surface area contributed by atoms with Gasteiger partial charge in [-0.15, -0.1) is 0 Å². The Hall–Kier alpha value is -1.06. The average Bonchev–Trinajstić information content (AvgIpc) is 2.46. The first-order valence-electron chi connectivity index (χ1n) is 8.17. The van der Waals surface area contributed by atoms with Crippen molar-refractivity contribution in [3.8, 4) is 5.75 Å². The summed E-state index contributed by atoms with van der Waals surface area (Å²) in [6.07, 6.45) is 4.17. The maximum Gasteiger partial charge on any atom is 0.119 e. The SMILES string of the molecule is CCCC(CCOc1c[c]ccc1)N1CC(C)OC(C)C1. The monoisotopic (exact) mass is 290 g/mol. The number of ether oxygens (including phenoxy) is 2. The van der Waals surface area contributed by atoms with Gasteiger partial charge in [0, 0.05) is 19.1 Å². The van der Waals surface area contributed by atoms with Crippen molar-refractivity contribution < 1.29 is 9.47 Å². The Morgan fingerprint density at radius 2 is 2.10 bits per heavy atom. The molecule has 1 aromatic carbocycles. The van der Waals surface area contributed by atoms with E-state index in [1.54, 1.807) is 0 Å². The van der Waals surface area contributed by atoms with Gasteiger partial charge in [-0.25, -0.2) is 0 Å². The van der Waals surface area contributed by atoms with Gasteiger partial charge in [-0.05, 0) is 44.9 Å². The molecule has 0 N–H and O–H groups in total. The van der Waals surface area contributed by atoms with Crippen molar-refractivity contribution >= 4 is 0 Å². The molecule has 3 atom stereocenters. The van der Waals surface area contributed by atoms with Crippen LogP contribution in [0.5, 0.6) is 5.75 Å². The van der Waals surface area contributed by atoms with Crippen LogP contribution in [0.25, 0.3) is 0 Å². The molecule has 1 aliphatic heterocycles. The van der Waals surface area contributed by atoms with Crippen molar-refractivity contribution in [3.05, 3.63) is 30.3 Å². The number of benzene rings is 1. The molecule has 1 heterocycles. The second-order valence-corrected chi connectivity index (χ2v) is 6.03. The number of hydrogen-bond donors (Lipinski definition) is 0. The van der Waals surface area contributed by atoms with Crippen LogP contribution < -0.4 is 4.74 Å². The fraction of sp³-hybridized carbons (Fsp3) is 0.667. The van der Waals surface area contributed by atoms with Crippen molar-refractivity contribution in [2.75, 3.05) is 19.7 Å². The predicted molar refractivity (Wildman–Crippen MR) is 85.7 cm³/mol. The second-order valence-electron chi connectivity index (χ2n) is 6.03. The lowest BCUT2D eigenvalue weighted by atomic mass is 10.0. The van der Waals surface area contributed by atoms with Crippen molar-refractivity contribution in [1.29, 1.82) is 0 Å². The largest absolute Gasteiger partial charge is 0.494 e. The van der Waals surface area contributed by atoms with Gasteiger partial charge in [0.15, 0.2) is 0 Å². The van der Waals surface area contributed by atoms with E-state index in [9.17, 15) is 0 Å². The van der Waals surface area contributed by atoms with E-state index in [1.165, 1.54) is 12.8 Å². The molecule has 0 saturated carbocycles. The third-order valence-corrected chi connectivity index (χ3v) is 3.98. The van der Waals surface area contributed by atoms with E-state index >= 15 is 0 Å². The molecule has 3 unspecified atom stereocenters. The zero-order valence-corrected chi connectivity index (χ0v) is 13.5. The van der Waals surface area contributed by atoms with Crippen LogP contribution in [0.3, 0.4) is 0 Å². The molecule has 0 amide bonds. The molecule has 1 radical (unpaired) electrons. The molecular weight excluding hydrogens is 262 g/mol. The highest BCUT2D eigenvalue weighted by atomic mass is 16.5. The summed E-state index contributed by atoms with van der Waals surface area (Å²) in [4.78, 5) is 2.59. The van der Waals surface area contributed by atoms with Crippen LogP contribution in [0.4, 0.5) is 0 Å². The van der Waals surface area contributed by atoms with Gasteiger partial charge in [-0.2, -0.15) is 0 Å². The lowest BCUT2D eigenvalue weighted by Gasteiger charge is -2.40. The Balaban J connectivity index is 1.83. The normalized spacial score (nSPS) is 24.7. The first-order valence-corrected chi connectivity index (χ1v) is 8.17. The van der Waals surface area contributed by atoms with E-state index in [0.29, 0.717) is 18.2 Å². The molecule has 2 rings (SSSR count). The molecule has 0 aromatic heterocycles. The quantitative estimate of drug-likeness (QED) is 0.767. The van der Waals surface area contributed by atoms with Crippen LogP contribution in [0, 0.1) is 6.07 Å². The molecule has 0 aliphatic carbocycles. The Bertz CT molecular complexity index is 385. The highest BCUT2D eigenvalue weighted by molar-refractivity contribution is 5.19. The summed E-state index contributed by atoms with van der Waals surface area (Å²) in [5, 5.41) is 0. The molecule has 3 heteroatoms. The van der Waals surface area contributed by atoms with Gasteiger partial charge >= 0.3 is 0 Å². The summed E-state index contributed by atoms with van der Waals surface area (Å²) in [7, 11) is 0. The third-order valence-electron chi connectivity index (χ3n) is 3.98. The van der Waals surface area contributed by atoms with Gasteiger partial charge in [0.05, 0.1) is 18.8 Å². The van der Waals surface area contributed by atoms with Gasteiger partial charge < -0.3 is 9.47 Å². The van der Waals surface area contributed by atoms with Gasteiger partial charge in [-0.3, -0.25) is 4.90 Å². The fourth-order valence-corrected chi connectivity index (χ4v) is 3.14. The number of rotatable bonds is 7. The second kappa shape index (κ2) is 8.40. The third kappa shape index (κ3) is 5.33. The Morgan fingerprint density at radius 3 is 2.71 bits per heavy atom. The van der Waals surface area contributed by atoms with E-state index in [-0.39, 0.29) is 0 Å². The van der Waals surface area contributed by atoms with E-state index < -0.39 is 0 Å². The van der Waals surface area contributed by atoms with Crippen LogP contribution in [0.2, 0.25) is 0 Å². The molecule has 1 fully saturated rings. The van der Waals surface area contributed by atoms with Crippen LogP contribution in [-0.2, 0) is 4.74 Å². The summed E-state index contributed by atoms with van der Waals surface area (Å²) in [5.41, 5.74) is 0. The van der Waals surface area contributed by atoms with Crippen molar-refractivity contribution in [2.24, 2.45) is 0 Å².